The molecule has 1 aromatic heterocycles. The van der Waals surface area contributed by atoms with E-state index in [1.165, 1.54) is 11.3 Å². The van der Waals surface area contributed by atoms with Gasteiger partial charge >= 0.3 is 5.13 Å². The molecule has 150 valence electrons. The van der Waals surface area contributed by atoms with Gasteiger partial charge in [-0.2, -0.15) is 0 Å². The molecule has 0 radical (unpaired) electrons. The molecule has 0 aliphatic rings. The van der Waals surface area contributed by atoms with Gasteiger partial charge < -0.3 is 9.29 Å². The molecule has 2 aromatic carbocycles. The first-order valence-electron chi connectivity index (χ1n) is 8.46. The van der Waals surface area contributed by atoms with Crippen molar-refractivity contribution in [2.45, 2.75) is 19.4 Å². The van der Waals surface area contributed by atoms with E-state index in [0.29, 0.717) is 24.5 Å². The van der Waals surface area contributed by atoms with Gasteiger partial charge in [-0.05, 0) is 49.2 Å². The number of rotatable bonds is 8. The van der Waals surface area contributed by atoms with Crippen LogP contribution in [0.15, 0.2) is 60.0 Å². The molecule has 3 rings (SSSR count). The van der Waals surface area contributed by atoms with E-state index in [2.05, 4.69) is 0 Å². The summed E-state index contributed by atoms with van der Waals surface area (Å²) in [6, 6.07) is 17.2. The smallest absolute Gasteiger partial charge is 0.332 e. The molecule has 28 heavy (non-hydrogen) atoms. The van der Waals surface area contributed by atoms with Gasteiger partial charge in [-0.1, -0.05) is 29.5 Å². The standard InChI is InChI=1S/C19H20N2O4S2.BrH/c20-19-21(12-4-5-13-27(22,23)24)18(14-26-19)15-8-10-17(11-9-15)25-16-6-2-1-3-7-16;/h1-3,6-11,14,20H,4-5,12-13H2,(H,22,23,24);1H. The number of benzene rings is 2. The molecule has 6 nitrogen and oxygen atoms in total. The number of anilines is 1. The van der Waals surface area contributed by atoms with Gasteiger partial charge in [-0.25, -0.2) is 13.0 Å². The van der Waals surface area contributed by atoms with E-state index in [4.69, 9.17) is 10.5 Å². The van der Waals surface area contributed by atoms with Crippen LogP contribution in [0.5, 0.6) is 11.5 Å². The Morgan fingerprint density at radius 2 is 1.64 bits per heavy atom. The van der Waals surface area contributed by atoms with Crippen molar-refractivity contribution in [3.05, 3.63) is 60.0 Å². The fourth-order valence-electron chi connectivity index (χ4n) is 2.68. The maximum Gasteiger partial charge on any atom is 0.332 e. The zero-order chi connectivity index (χ0) is 19.3. The molecule has 2 N–H and O–H groups in total. The Morgan fingerprint density at radius 1 is 1.00 bits per heavy atom. The minimum Gasteiger partial charge on any atom is -0.748 e. The van der Waals surface area contributed by atoms with E-state index < -0.39 is 10.1 Å². The number of hydrogen-bond donors (Lipinski definition) is 1. The van der Waals surface area contributed by atoms with Crippen molar-refractivity contribution in [3.63, 3.8) is 0 Å². The van der Waals surface area contributed by atoms with Crippen molar-refractivity contribution >= 4 is 43.6 Å². The Morgan fingerprint density at radius 3 is 2.29 bits per heavy atom. The molecule has 0 aliphatic heterocycles. The molecule has 0 unspecified atom stereocenters. The summed E-state index contributed by atoms with van der Waals surface area (Å²) in [5.74, 6) is 1.16. The van der Waals surface area contributed by atoms with Gasteiger partial charge in [0, 0.05) is 16.7 Å². The third kappa shape index (κ3) is 6.30. The van der Waals surface area contributed by atoms with Crippen LogP contribution in [0.3, 0.4) is 0 Å². The first kappa shape index (κ1) is 22.4. The Kier molecular flexibility index (Phi) is 7.99. The number of halogens is 1. The normalized spacial score (nSPS) is 11.0. The first-order valence-corrected chi connectivity index (χ1v) is 10.9. The number of thiazole rings is 1. The highest BCUT2D eigenvalue weighted by molar-refractivity contribution is 8.93. The third-order valence-electron chi connectivity index (χ3n) is 4.00. The van der Waals surface area contributed by atoms with E-state index in [-0.39, 0.29) is 22.7 Å². The zero-order valence-electron chi connectivity index (χ0n) is 15.0. The Balaban J connectivity index is 0.00000280. The summed E-state index contributed by atoms with van der Waals surface area (Å²) in [7, 11) is -4.17. The Hall–Kier alpha value is -1.94. The molecule has 0 saturated heterocycles. The summed E-state index contributed by atoms with van der Waals surface area (Å²) >= 11 is 1.43. The monoisotopic (exact) mass is 484 g/mol. The number of ether oxygens (including phenoxy) is 1. The van der Waals surface area contributed by atoms with Crippen LogP contribution in [0.25, 0.3) is 11.3 Å². The predicted octanol–water partition coefficient (Wildman–Crippen LogP) is 3.98. The Bertz CT molecular complexity index is 991. The van der Waals surface area contributed by atoms with Crippen LogP contribution in [0, 0.1) is 0 Å². The quantitative estimate of drug-likeness (QED) is 0.296. The fourth-order valence-corrected chi connectivity index (χ4v) is 4.05. The fraction of sp³-hybridized carbons (Fsp3) is 0.211. The molecular formula is C19H21BrN2O4S2. The minimum atomic E-state index is -4.17. The van der Waals surface area contributed by atoms with Crippen LogP contribution in [0.2, 0.25) is 0 Å². The summed E-state index contributed by atoms with van der Waals surface area (Å²) in [4.78, 5) is 0. The third-order valence-corrected chi connectivity index (χ3v) is 5.59. The highest BCUT2D eigenvalue weighted by atomic mass is 79.9. The average Bonchev–Trinajstić information content (AvgIpc) is 3.00. The molecule has 0 saturated carbocycles. The van der Waals surface area contributed by atoms with Crippen molar-refractivity contribution in [2.75, 3.05) is 11.5 Å². The van der Waals surface area contributed by atoms with Crippen molar-refractivity contribution in [2.24, 2.45) is 0 Å². The molecule has 0 spiro atoms. The van der Waals surface area contributed by atoms with Crippen LogP contribution in [0.4, 0.5) is 5.13 Å². The number of nitrogen functional groups attached to an aromatic ring is 1. The molecule has 9 heteroatoms. The number of unbranched alkanes of at least 4 members (excludes halogenated alkanes) is 1. The molecule has 0 aliphatic carbocycles. The number of para-hydroxylation sites is 1. The lowest BCUT2D eigenvalue weighted by atomic mass is 10.1. The van der Waals surface area contributed by atoms with Gasteiger partial charge in [0.25, 0.3) is 0 Å². The second-order valence-corrected chi connectivity index (χ2v) is 8.43. The predicted molar refractivity (Wildman–Crippen MR) is 115 cm³/mol. The first-order chi connectivity index (χ1) is 12.9. The number of hydrogen-bond acceptors (Lipinski definition) is 6. The Labute approximate surface area is 179 Å². The van der Waals surface area contributed by atoms with E-state index in [0.717, 1.165) is 22.8 Å². The number of nitrogens with two attached hydrogens (primary N) is 1. The largest absolute Gasteiger partial charge is 0.748 e. The van der Waals surface area contributed by atoms with Gasteiger partial charge in [0.15, 0.2) is 0 Å². The highest BCUT2D eigenvalue weighted by Crippen LogP contribution is 2.26. The minimum absolute atomic E-state index is 0. The number of nitrogens with zero attached hydrogens (tertiary/aromatic N) is 1. The van der Waals surface area contributed by atoms with Crippen LogP contribution in [-0.4, -0.2) is 18.7 Å². The van der Waals surface area contributed by atoms with Gasteiger partial charge in [-0.15, -0.1) is 17.0 Å². The molecule has 0 amide bonds. The molecule has 0 bridgehead atoms. The van der Waals surface area contributed by atoms with Crippen molar-refractivity contribution in [1.29, 1.82) is 0 Å². The van der Waals surface area contributed by atoms with Crippen molar-refractivity contribution in [3.8, 4) is 22.8 Å². The van der Waals surface area contributed by atoms with Gasteiger partial charge in [0.2, 0.25) is 0 Å². The molecule has 0 fully saturated rings. The van der Waals surface area contributed by atoms with E-state index in [9.17, 15) is 13.0 Å². The van der Waals surface area contributed by atoms with Gasteiger partial charge in [0.05, 0.1) is 16.7 Å². The molecule has 3 aromatic rings. The van der Waals surface area contributed by atoms with Crippen LogP contribution >= 0.6 is 28.3 Å². The van der Waals surface area contributed by atoms with Gasteiger partial charge in [0.1, 0.15) is 17.2 Å². The van der Waals surface area contributed by atoms with Crippen molar-refractivity contribution in [1.82, 2.24) is 0 Å². The zero-order valence-corrected chi connectivity index (χ0v) is 18.3. The topological polar surface area (TPSA) is 96.3 Å². The molecule has 1 heterocycles. The van der Waals surface area contributed by atoms with E-state index >= 15 is 0 Å². The summed E-state index contributed by atoms with van der Waals surface area (Å²) < 4.78 is 39.9. The molecule has 0 atom stereocenters. The molecular weight excluding hydrogens is 464 g/mol. The highest BCUT2D eigenvalue weighted by Gasteiger charge is 2.16. The van der Waals surface area contributed by atoms with Crippen LogP contribution in [-0.2, 0) is 16.7 Å². The summed E-state index contributed by atoms with van der Waals surface area (Å²) in [5.41, 5.74) is 7.99. The second-order valence-electron chi connectivity index (χ2n) is 6.02. The van der Waals surface area contributed by atoms with Gasteiger partial charge in [-0.3, -0.25) is 5.73 Å². The summed E-state index contributed by atoms with van der Waals surface area (Å²) in [6.07, 6.45) is 0.882. The maximum atomic E-state index is 10.7. The lowest BCUT2D eigenvalue weighted by molar-refractivity contribution is -0.668. The lowest BCUT2D eigenvalue weighted by Gasteiger charge is -2.08. The van der Waals surface area contributed by atoms with E-state index in [1.807, 2.05) is 64.5 Å². The SMILES string of the molecule is Br.Nc1scc(-c2ccc(Oc3ccccc3)cc2)[n+]1CCCCS(=O)(=O)[O-]. The second kappa shape index (κ2) is 10.0. The lowest BCUT2D eigenvalue weighted by Crippen LogP contribution is -2.37. The summed E-state index contributed by atoms with van der Waals surface area (Å²) in [6.45, 7) is 0.558. The maximum absolute atomic E-state index is 10.7. The summed E-state index contributed by atoms with van der Waals surface area (Å²) in [5, 5.41) is 2.60. The number of aromatic nitrogens is 1. The van der Waals surface area contributed by atoms with Crippen LogP contribution in [0.1, 0.15) is 12.8 Å². The van der Waals surface area contributed by atoms with E-state index in [1.54, 1.807) is 0 Å². The van der Waals surface area contributed by atoms with Crippen molar-refractivity contribution < 1.29 is 22.3 Å². The average molecular weight is 485 g/mol. The van der Waals surface area contributed by atoms with Crippen LogP contribution < -0.4 is 15.0 Å².